The first-order valence-corrected chi connectivity index (χ1v) is 4.00. The number of carbonyl (C=O) groups is 1. The van der Waals surface area contributed by atoms with Crippen LogP contribution in [0.4, 0.5) is 0 Å². The van der Waals surface area contributed by atoms with Gasteiger partial charge in [0.05, 0.1) is 0 Å². The maximum Gasteiger partial charge on any atom is 0.159 e. The van der Waals surface area contributed by atoms with Crippen molar-refractivity contribution >= 4 is 12.0 Å². The van der Waals surface area contributed by atoms with Gasteiger partial charge in [0.1, 0.15) is 0 Å². The molecule has 0 aliphatic carbocycles. The lowest BCUT2D eigenvalue weighted by molar-refractivity contribution is 0.101. The van der Waals surface area contributed by atoms with E-state index in [0.29, 0.717) is 12.0 Å². The highest BCUT2D eigenvalue weighted by atomic mass is 16.4. The highest BCUT2D eigenvalue weighted by molar-refractivity contribution is 5.94. The second kappa shape index (κ2) is 4.40. The van der Waals surface area contributed by atoms with E-state index in [4.69, 9.17) is 5.21 Å². The number of hydrogen-bond acceptors (Lipinski definition) is 3. The van der Waals surface area contributed by atoms with Gasteiger partial charge in [-0.1, -0.05) is 24.3 Å². The summed E-state index contributed by atoms with van der Waals surface area (Å²) in [6.45, 7) is 1.53. The van der Waals surface area contributed by atoms with Crippen LogP contribution in [0.1, 0.15) is 22.8 Å². The molecule has 0 saturated carbocycles. The second-order valence-electron chi connectivity index (χ2n) is 2.76. The summed E-state index contributed by atoms with van der Waals surface area (Å²) in [5.74, 6) is 0.0578. The Kier molecular flexibility index (Phi) is 3.20. The predicted octanol–water partition coefficient (Wildman–Crippen LogP) is 1.89. The Morgan fingerprint density at radius 3 is 2.54 bits per heavy atom. The lowest BCUT2D eigenvalue weighted by Crippen LogP contribution is -1.92. The maximum absolute atomic E-state index is 10.9. The van der Waals surface area contributed by atoms with Gasteiger partial charge in [-0.05, 0) is 12.5 Å². The number of carbonyl (C=O) groups excluding carboxylic acids is 1. The van der Waals surface area contributed by atoms with Crippen LogP contribution in [-0.4, -0.2) is 17.2 Å². The van der Waals surface area contributed by atoms with E-state index in [1.807, 2.05) is 12.1 Å². The minimum atomic E-state index is 0.0578. The van der Waals surface area contributed by atoms with E-state index in [0.717, 1.165) is 5.56 Å². The molecule has 1 N–H and O–H groups in total. The van der Waals surface area contributed by atoms with Crippen molar-refractivity contribution in [2.75, 3.05) is 0 Å². The Bertz CT molecular complexity index is 314. The van der Waals surface area contributed by atoms with E-state index >= 15 is 0 Å². The monoisotopic (exact) mass is 177 g/mol. The first-order chi connectivity index (χ1) is 6.24. The Balaban J connectivity index is 2.75. The zero-order valence-corrected chi connectivity index (χ0v) is 7.40. The van der Waals surface area contributed by atoms with Gasteiger partial charge in [-0.3, -0.25) is 4.79 Å². The van der Waals surface area contributed by atoms with Gasteiger partial charge in [0, 0.05) is 18.2 Å². The first kappa shape index (κ1) is 9.45. The maximum atomic E-state index is 10.9. The number of oxime groups is 1. The summed E-state index contributed by atoms with van der Waals surface area (Å²) >= 11 is 0. The van der Waals surface area contributed by atoms with Crippen molar-refractivity contribution in [2.24, 2.45) is 5.16 Å². The van der Waals surface area contributed by atoms with Gasteiger partial charge in [-0.2, -0.15) is 0 Å². The fourth-order valence-electron chi connectivity index (χ4n) is 1.02. The van der Waals surface area contributed by atoms with Gasteiger partial charge in [-0.15, -0.1) is 5.16 Å². The number of ketones is 1. The zero-order valence-electron chi connectivity index (χ0n) is 7.40. The third kappa shape index (κ3) is 2.71. The summed E-state index contributed by atoms with van der Waals surface area (Å²) < 4.78 is 0. The summed E-state index contributed by atoms with van der Waals surface area (Å²) in [6.07, 6.45) is 1.98. The molecular formula is C10H11NO2. The fourth-order valence-corrected chi connectivity index (χ4v) is 1.02. The molecule has 0 heterocycles. The fraction of sp³-hybridized carbons (Fsp3) is 0.200. The molecule has 0 saturated heterocycles. The van der Waals surface area contributed by atoms with Crippen molar-refractivity contribution in [1.82, 2.24) is 0 Å². The highest BCUT2D eigenvalue weighted by Crippen LogP contribution is 2.04. The third-order valence-corrected chi connectivity index (χ3v) is 1.77. The van der Waals surface area contributed by atoms with Crippen molar-refractivity contribution < 1.29 is 10.0 Å². The largest absolute Gasteiger partial charge is 0.411 e. The van der Waals surface area contributed by atoms with E-state index in [1.54, 1.807) is 12.1 Å². The number of nitrogens with zero attached hydrogens (tertiary/aromatic N) is 1. The molecular weight excluding hydrogens is 166 g/mol. The molecule has 1 aromatic carbocycles. The summed E-state index contributed by atoms with van der Waals surface area (Å²) in [5, 5.41) is 11.1. The standard InChI is InChI=1S/C10H11NO2/c1-8(12)10-4-2-9(3-5-10)6-7-11-13/h2-5,7,13H,6H2,1H3. The smallest absolute Gasteiger partial charge is 0.159 e. The molecule has 0 atom stereocenters. The Morgan fingerprint density at radius 1 is 1.46 bits per heavy atom. The molecule has 0 fully saturated rings. The van der Waals surface area contributed by atoms with Crippen molar-refractivity contribution in [3.8, 4) is 0 Å². The number of rotatable bonds is 3. The van der Waals surface area contributed by atoms with Gasteiger partial charge < -0.3 is 5.21 Å². The first-order valence-electron chi connectivity index (χ1n) is 4.00. The van der Waals surface area contributed by atoms with E-state index < -0.39 is 0 Å². The molecule has 3 heteroatoms. The lowest BCUT2D eigenvalue weighted by atomic mass is 10.1. The van der Waals surface area contributed by atoms with Gasteiger partial charge >= 0.3 is 0 Å². The average Bonchev–Trinajstić information content (AvgIpc) is 2.15. The molecule has 0 aromatic heterocycles. The molecule has 0 amide bonds. The van der Waals surface area contributed by atoms with E-state index in [1.165, 1.54) is 13.1 Å². The summed E-state index contributed by atoms with van der Waals surface area (Å²) in [7, 11) is 0. The SMILES string of the molecule is CC(=O)c1ccc(CC=NO)cc1. The number of hydrogen-bond donors (Lipinski definition) is 1. The average molecular weight is 177 g/mol. The van der Waals surface area contributed by atoms with Gasteiger partial charge in [-0.25, -0.2) is 0 Å². The summed E-state index contributed by atoms with van der Waals surface area (Å²) in [4.78, 5) is 10.9. The molecule has 0 aliphatic heterocycles. The normalized spacial score (nSPS) is 10.5. The minimum absolute atomic E-state index is 0.0578. The van der Waals surface area contributed by atoms with Crippen molar-refractivity contribution in [3.05, 3.63) is 35.4 Å². The molecule has 68 valence electrons. The van der Waals surface area contributed by atoms with Crippen LogP contribution in [0.5, 0.6) is 0 Å². The number of benzene rings is 1. The van der Waals surface area contributed by atoms with Crippen LogP contribution < -0.4 is 0 Å². The van der Waals surface area contributed by atoms with Crippen LogP contribution in [0.3, 0.4) is 0 Å². The molecule has 0 bridgehead atoms. The molecule has 0 aliphatic rings. The molecule has 3 nitrogen and oxygen atoms in total. The topological polar surface area (TPSA) is 49.7 Å². The van der Waals surface area contributed by atoms with E-state index in [9.17, 15) is 4.79 Å². The lowest BCUT2D eigenvalue weighted by Gasteiger charge is -1.97. The zero-order chi connectivity index (χ0) is 9.68. The molecule has 0 radical (unpaired) electrons. The minimum Gasteiger partial charge on any atom is -0.411 e. The molecule has 1 aromatic rings. The van der Waals surface area contributed by atoms with Crippen molar-refractivity contribution in [2.45, 2.75) is 13.3 Å². The van der Waals surface area contributed by atoms with Crippen LogP contribution in [0.2, 0.25) is 0 Å². The van der Waals surface area contributed by atoms with Crippen LogP contribution in [0.25, 0.3) is 0 Å². The van der Waals surface area contributed by atoms with Crippen LogP contribution in [0, 0.1) is 0 Å². The predicted molar refractivity (Wildman–Crippen MR) is 50.4 cm³/mol. The quantitative estimate of drug-likeness (QED) is 0.332. The van der Waals surface area contributed by atoms with E-state index in [-0.39, 0.29) is 5.78 Å². The van der Waals surface area contributed by atoms with E-state index in [2.05, 4.69) is 5.16 Å². The Labute approximate surface area is 76.7 Å². The van der Waals surface area contributed by atoms with Crippen LogP contribution in [0.15, 0.2) is 29.4 Å². The Hall–Kier alpha value is -1.64. The van der Waals surface area contributed by atoms with Gasteiger partial charge in [0.15, 0.2) is 5.78 Å². The van der Waals surface area contributed by atoms with Gasteiger partial charge in [0.25, 0.3) is 0 Å². The molecule has 0 unspecified atom stereocenters. The van der Waals surface area contributed by atoms with Gasteiger partial charge in [0.2, 0.25) is 0 Å². The van der Waals surface area contributed by atoms with Crippen molar-refractivity contribution in [1.29, 1.82) is 0 Å². The van der Waals surface area contributed by atoms with Crippen LogP contribution in [-0.2, 0) is 6.42 Å². The summed E-state index contributed by atoms with van der Waals surface area (Å²) in [5.41, 5.74) is 1.72. The highest BCUT2D eigenvalue weighted by Gasteiger charge is 1.97. The second-order valence-corrected chi connectivity index (χ2v) is 2.76. The molecule has 13 heavy (non-hydrogen) atoms. The Morgan fingerprint density at radius 2 is 2.08 bits per heavy atom. The van der Waals surface area contributed by atoms with Crippen molar-refractivity contribution in [3.63, 3.8) is 0 Å². The third-order valence-electron chi connectivity index (χ3n) is 1.77. The van der Waals surface area contributed by atoms with Crippen LogP contribution >= 0.6 is 0 Å². The number of Topliss-reactive ketones (excluding diaryl/α,β-unsaturated/α-hetero) is 1. The summed E-state index contributed by atoms with van der Waals surface area (Å²) in [6, 6.07) is 7.22. The molecule has 0 spiro atoms. The molecule has 1 rings (SSSR count).